The molecule has 0 saturated carbocycles. The number of benzene rings is 1. The molecule has 1 aromatic carbocycles. The van der Waals surface area contributed by atoms with Crippen molar-refractivity contribution in [2.75, 3.05) is 12.3 Å². The van der Waals surface area contributed by atoms with Crippen molar-refractivity contribution < 1.29 is 9.21 Å². The highest BCUT2D eigenvalue weighted by Crippen LogP contribution is 2.23. The Morgan fingerprint density at radius 2 is 2.08 bits per heavy atom. The van der Waals surface area contributed by atoms with Crippen LogP contribution in [0.2, 0.25) is 5.15 Å². The van der Waals surface area contributed by atoms with Crippen LogP contribution < -0.4 is 5.32 Å². The molecule has 0 aliphatic heterocycles. The van der Waals surface area contributed by atoms with E-state index < -0.39 is 0 Å². The minimum Gasteiger partial charge on any atom is -0.468 e. The van der Waals surface area contributed by atoms with E-state index >= 15 is 0 Å². The highest BCUT2D eigenvalue weighted by Gasteiger charge is 2.20. The highest BCUT2D eigenvalue weighted by atomic mass is 35.5. The van der Waals surface area contributed by atoms with Crippen LogP contribution in [0.3, 0.4) is 0 Å². The first-order chi connectivity index (χ1) is 12.2. The molecule has 0 aliphatic rings. The van der Waals surface area contributed by atoms with Gasteiger partial charge in [0.05, 0.1) is 29.0 Å². The number of rotatable bonds is 7. The average Bonchev–Trinajstić information content (AvgIpc) is 3.23. The lowest BCUT2D eigenvalue weighted by Gasteiger charge is -2.05. The summed E-state index contributed by atoms with van der Waals surface area (Å²) in [6, 6.07) is 13.3. The van der Waals surface area contributed by atoms with Gasteiger partial charge in [-0.2, -0.15) is 16.9 Å². The van der Waals surface area contributed by atoms with Crippen molar-refractivity contribution in [1.82, 2.24) is 15.1 Å². The van der Waals surface area contributed by atoms with Crippen LogP contribution in [0.5, 0.6) is 0 Å². The predicted octanol–water partition coefficient (Wildman–Crippen LogP) is 4.09. The Balaban J connectivity index is 1.58. The molecule has 1 amide bonds. The van der Waals surface area contributed by atoms with Crippen molar-refractivity contribution in [3.63, 3.8) is 0 Å². The van der Waals surface area contributed by atoms with Gasteiger partial charge in [0.25, 0.3) is 5.91 Å². The molecule has 130 valence electrons. The van der Waals surface area contributed by atoms with Crippen LogP contribution >= 0.6 is 23.4 Å². The zero-order valence-electron chi connectivity index (χ0n) is 13.7. The van der Waals surface area contributed by atoms with Crippen LogP contribution in [-0.4, -0.2) is 28.0 Å². The van der Waals surface area contributed by atoms with Gasteiger partial charge in [-0.25, -0.2) is 4.68 Å². The number of hydrogen-bond donors (Lipinski definition) is 1. The SMILES string of the molecule is Cc1nn(-c2ccccc2)c(Cl)c1C(=O)NCCSCc1ccco1. The van der Waals surface area contributed by atoms with Crippen molar-refractivity contribution in [3.05, 3.63) is 70.9 Å². The minimum atomic E-state index is -0.205. The molecule has 2 heterocycles. The molecule has 0 atom stereocenters. The van der Waals surface area contributed by atoms with E-state index in [0.29, 0.717) is 23.0 Å². The quantitative estimate of drug-likeness (QED) is 0.632. The highest BCUT2D eigenvalue weighted by molar-refractivity contribution is 7.98. The third-order valence-electron chi connectivity index (χ3n) is 3.59. The van der Waals surface area contributed by atoms with Crippen LogP contribution in [0.1, 0.15) is 21.8 Å². The number of aromatic nitrogens is 2. The molecule has 25 heavy (non-hydrogen) atoms. The average molecular weight is 376 g/mol. The van der Waals surface area contributed by atoms with Gasteiger partial charge in [-0.3, -0.25) is 4.79 Å². The number of hydrogen-bond acceptors (Lipinski definition) is 4. The van der Waals surface area contributed by atoms with E-state index in [0.717, 1.165) is 23.0 Å². The Labute approximate surface area is 155 Å². The van der Waals surface area contributed by atoms with E-state index in [9.17, 15) is 4.79 Å². The zero-order valence-corrected chi connectivity index (χ0v) is 15.3. The normalized spacial score (nSPS) is 10.8. The number of para-hydroxylation sites is 1. The second-order valence-corrected chi connectivity index (χ2v) is 6.85. The molecule has 2 aromatic heterocycles. The number of carbonyl (C=O) groups is 1. The van der Waals surface area contributed by atoms with Crippen molar-refractivity contribution in [2.45, 2.75) is 12.7 Å². The summed E-state index contributed by atoms with van der Waals surface area (Å²) in [5.74, 6) is 2.30. The van der Waals surface area contributed by atoms with E-state index in [4.69, 9.17) is 16.0 Å². The van der Waals surface area contributed by atoms with Crippen molar-refractivity contribution in [1.29, 1.82) is 0 Å². The molecule has 0 radical (unpaired) electrons. The smallest absolute Gasteiger partial charge is 0.256 e. The first kappa shape index (κ1) is 17.6. The molecule has 0 saturated heterocycles. The maximum Gasteiger partial charge on any atom is 0.256 e. The molecule has 0 spiro atoms. The molecule has 0 fully saturated rings. The summed E-state index contributed by atoms with van der Waals surface area (Å²) in [4.78, 5) is 12.4. The van der Waals surface area contributed by atoms with Gasteiger partial charge in [-0.15, -0.1) is 0 Å². The molecular formula is C18H18ClN3O2S. The summed E-state index contributed by atoms with van der Waals surface area (Å²) < 4.78 is 6.85. The standard InChI is InChI=1S/C18H18ClN3O2S/c1-13-16(17(19)22(21-13)14-6-3-2-4-7-14)18(23)20-9-11-25-12-15-8-5-10-24-15/h2-8,10H,9,11-12H2,1H3,(H,20,23). The Hall–Kier alpha value is -2.18. The van der Waals surface area contributed by atoms with E-state index in [2.05, 4.69) is 10.4 Å². The van der Waals surface area contributed by atoms with Gasteiger partial charge in [0, 0.05) is 12.3 Å². The summed E-state index contributed by atoms with van der Waals surface area (Å²) in [5, 5.41) is 7.61. The summed E-state index contributed by atoms with van der Waals surface area (Å²) in [7, 11) is 0. The van der Waals surface area contributed by atoms with Gasteiger partial charge in [0.15, 0.2) is 0 Å². The van der Waals surface area contributed by atoms with Crippen LogP contribution in [-0.2, 0) is 5.75 Å². The van der Waals surface area contributed by atoms with E-state index in [1.807, 2.05) is 42.5 Å². The summed E-state index contributed by atoms with van der Waals surface area (Å²) >= 11 is 8.09. The third-order valence-corrected chi connectivity index (χ3v) is 4.92. The molecule has 5 nitrogen and oxygen atoms in total. The second-order valence-electron chi connectivity index (χ2n) is 5.39. The van der Waals surface area contributed by atoms with Gasteiger partial charge < -0.3 is 9.73 Å². The summed E-state index contributed by atoms with van der Waals surface area (Å²) in [6.07, 6.45) is 1.66. The second kappa shape index (κ2) is 8.27. The van der Waals surface area contributed by atoms with Crippen LogP contribution in [0, 0.1) is 6.92 Å². The maximum atomic E-state index is 12.4. The van der Waals surface area contributed by atoms with Gasteiger partial charge in [-0.05, 0) is 31.2 Å². The first-order valence-corrected chi connectivity index (χ1v) is 9.39. The van der Waals surface area contributed by atoms with Crippen LogP contribution in [0.15, 0.2) is 53.1 Å². The monoisotopic (exact) mass is 375 g/mol. The maximum absolute atomic E-state index is 12.4. The molecule has 1 N–H and O–H groups in total. The van der Waals surface area contributed by atoms with Crippen LogP contribution in [0.25, 0.3) is 5.69 Å². The molecule has 3 aromatic rings. The number of amides is 1. The number of carbonyl (C=O) groups excluding carboxylic acids is 1. The number of aryl methyl sites for hydroxylation is 1. The number of nitrogens with zero attached hydrogens (tertiary/aromatic N) is 2. The zero-order chi connectivity index (χ0) is 17.6. The lowest BCUT2D eigenvalue weighted by molar-refractivity contribution is 0.0955. The third kappa shape index (κ3) is 4.27. The van der Waals surface area contributed by atoms with E-state index in [1.165, 1.54) is 0 Å². The van der Waals surface area contributed by atoms with E-state index in [-0.39, 0.29) is 5.91 Å². The van der Waals surface area contributed by atoms with Gasteiger partial charge in [0.2, 0.25) is 0 Å². The Morgan fingerprint density at radius 1 is 1.28 bits per heavy atom. The number of nitrogens with one attached hydrogen (secondary N) is 1. The topological polar surface area (TPSA) is 60.1 Å². The van der Waals surface area contributed by atoms with Crippen LogP contribution in [0.4, 0.5) is 0 Å². The molecular weight excluding hydrogens is 358 g/mol. The summed E-state index contributed by atoms with van der Waals surface area (Å²) in [5.41, 5.74) is 1.85. The van der Waals surface area contributed by atoms with Crippen molar-refractivity contribution >= 4 is 29.3 Å². The molecule has 0 aliphatic carbocycles. The fourth-order valence-corrected chi connectivity index (χ4v) is 3.50. The minimum absolute atomic E-state index is 0.205. The lowest BCUT2D eigenvalue weighted by Crippen LogP contribution is -2.26. The molecule has 0 bridgehead atoms. The Kier molecular flexibility index (Phi) is 5.83. The largest absolute Gasteiger partial charge is 0.468 e. The number of furan rings is 1. The Bertz CT molecular complexity index is 832. The lowest BCUT2D eigenvalue weighted by atomic mass is 10.2. The fourth-order valence-electron chi connectivity index (χ4n) is 2.39. The van der Waals surface area contributed by atoms with Crippen molar-refractivity contribution in [3.8, 4) is 5.69 Å². The summed E-state index contributed by atoms with van der Waals surface area (Å²) in [6.45, 7) is 2.34. The molecule has 7 heteroatoms. The first-order valence-electron chi connectivity index (χ1n) is 7.85. The predicted molar refractivity (Wildman–Crippen MR) is 101 cm³/mol. The Morgan fingerprint density at radius 3 is 2.80 bits per heavy atom. The molecule has 0 unspecified atom stereocenters. The number of halogens is 1. The molecule has 3 rings (SSSR count). The van der Waals surface area contributed by atoms with Gasteiger partial charge in [0.1, 0.15) is 10.9 Å². The fraction of sp³-hybridized carbons (Fsp3) is 0.222. The van der Waals surface area contributed by atoms with Crippen molar-refractivity contribution in [2.24, 2.45) is 0 Å². The van der Waals surface area contributed by atoms with E-state index in [1.54, 1.807) is 29.6 Å². The van der Waals surface area contributed by atoms with Gasteiger partial charge >= 0.3 is 0 Å². The number of thioether (sulfide) groups is 1. The van der Waals surface area contributed by atoms with Gasteiger partial charge in [-0.1, -0.05) is 29.8 Å².